The summed E-state index contributed by atoms with van der Waals surface area (Å²) in [5, 5.41) is 10.2. The Hall–Kier alpha value is -3.03. The van der Waals surface area contributed by atoms with Crippen LogP contribution in [0, 0.1) is 0 Å². The number of alkyl halides is 3. The first-order valence-electron chi connectivity index (χ1n) is 8.53. The molecule has 0 radical (unpaired) electrons. The van der Waals surface area contributed by atoms with Gasteiger partial charge in [-0.15, -0.1) is 10.2 Å². The molecule has 1 amide bonds. The lowest BCUT2D eigenvalue weighted by atomic mass is 10.2. The Bertz CT molecular complexity index is 1180. The van der Waals surface area contributed by atoms with Crippen LogP contribution in [0.1, 0.15) is 20.4 Å². The molecule has 0 unspecified atom stereocenters. The molecular weight excluding hydrogens is 457 g/mol. The molecule has 0 aliphatic carbocycles. The fourth-order valence-electron chi connectivity index (χ4n) is 2.36. The molecule has 164 valence electrons. The standard InChI is InChI=1S/C18H15F3N4O4S2/c1-29-13-7-5-12(6-8-13)23-16(26)17-25-24-15(30-17)10-22-31(27,28)14-4-2-3-11(9-14)18(19,20)21/h2-9,22H,10H2,1H3,(H,23,26). The lowest BCUT2D eigenvalue weighted by Gasteiger charge is -2.09. The Morgan fingerprint density at radius 3 is 2.48 bits per heavy atom. The van der Waals surface area contributed by atoms with Crippen molar-refractivity contribution in [1.82, 2.24) is 14.9 Å². The van der Waals surface area contributed by atoms with Gasteiger partial charge < -0.3 is 10.1 Å². The first kappa shape index (κ1) is 22.7. The summed E-state index contributed by atoms with van der Waals surface area (Å²) in [6, 6.07) is 9.93. The number of carbonyl (C=O) groups is 1. The number of sulfonamides is 1. The Morgan fingerprint density at radius 1 is 1.13 bits per heavy atom. The van der Waals surface area contributed by atoms with Crippen molar-refractivity contribution in [2.24, 2.45) is 0 Å². The Balaban J connectivity index is 1.64. The zero-order valence-electron chi connectivity index (χ0n) is 15.8. The molecule has 13 heteroatoms. The lowest BCUT2D eigenvalue weighted by Crippen LogP contribution is -2.23. The molecule has 2 N–H and O–H groups in total. The van der Waals surface area contributed by atoms with Crippen molar-refractivity contribution in [2.75, 3.05) is 12.4 Å². The predicted molar refractivity (Wildman–Crippen MR) is 106 cm³/mol. The van der Waals surface area contributed by atoms with Crippen LogP contribution in [0.3, 0.4) is 0 Å². The zero-order valence-corrected chi connectivity index (χ0v) is 17.4. The maximum Gasteiger partial charge on any atom is 0.416 e. The molecule has 0 aliphatic heterocycles. The number of carbonyl (C=O) groups excluding carboxylic acids is 1. The molecule has 1 aromatic heterocycles. The number of benzene rings is 2. The van der Waals surface area contributed by atoms with Gasteiger partial charge in [-0.1, -0.05) is 17.4 Å². The number of hydrogen-bond acceptors (Lipinski definition) is 7. The molecule has 0 aliphatic rings. The van der Waals surface area contributed by atoms with Gasteiger partial charge in [-0.2, -0.15) is 13.2 Å². The number of aromatic nitrogens is 2. The van der Waals surface area contributed by atoms with Crippen LogP contribution in [0.5, 0.6) is 5.75 Å². The third-order valence-corrected chi connectivity index (χ3v) is 6.21. The molecular formula is C18H15F3N4O4S2. The number of nitrogens with one attached hydrogen (secondary N) is 2. The molecule has 3 rings (SSSR count). The highest BCUT2D eigenvalue weighted by Crippen LogP contribution is 2.30. The minimum Gasteiger partial charge on any atom is -0.497 e. The smallest absolute Gasteiger partial charge is 0.416 e. The highest BCUT2D eigenvalue weighted by Gasteiger charge is 2.31. The number of anilines is 1. The summed E-state index contributed by atoms with van der Waals surface area (Å²) in [5.74, 6) is 0.0684. The molecule has 0 fully saturated rings. The van der Waals surface area contributed by atoms with Gasteiger partial charge in [0.2, 0.25) is 15.0 Å². The second kappa shape index (κ2) is 8.99. The van der Waals surface area contributed by atoms with Crippen molar-refractivity contribution >= 4 is 33.0 Å². The van der Waals surface area contributed by atoms with Crippen LogP contribution in [0.4, 0.5) is 18.9 Å². The van der Waals surface area contributed by atoms with Crippen LogP contribution in [0.25, 0.3) is 0 Å². The van der Waals surface area contributed by atoms with E-state index >= 15 is 0 Å². The van der Waals surface area contributed by atoms with Gasteiger partial charge in [-0.3, -0.25) is 4.79 Å². The van der Waals surface area contributed by atoms with Gasteiger partial charge in [-0.25, -0.2) is 13.1 Å². The average Bonchev–Trinajstić information content (AvgIpc) is 3.22. The van der Waals surface area contributed by atoms with E-state index in [4.69, 9.17) is 4.74 Å². The van der Waals surface area contributed by atoms with Crippen molar-refractivity contribution in [2.45, 2.75) is 17.6 Å². The van der Waals surface area contributed by atoms with E-state index in [1.165, 1.54) is 7.11 Å². The highest BCUT2D eigenvalue weighted by molar-refractivity contribution is 7.89. The van der Waals surface area contributed by atoms with Crippen molar-refractivity contribution < 1.29 is 31.1 Å². The quantitative estimate of drug-likeness (QED) is 0.546. The van der Waals surface area contributed by atoms with Crippen LogP contribution in [0.15, 0.2) is 53.4 Å². The summed E-state index contributed by atoms with van der Waals surface area (Å²) < 4.78 is 70.2. The van der Waals surface area contributed by atoms with Gasteiger partial charge in [-0.05, 0) is 42.5 Å². The second-order valence-corrected chi connectivity index (χ2v) is 8.86. The number of hydrogen-bond donors (Lipinski definition) is 2. The topological polar surface area (TPSA) is 110 Å². The molecule has 1 heterocycles. The van der Waals surface area contributed by atoms with Gasteiger partial charge in [0.05, 0.1) is 24.1 Å². The van der Waals surface area contributed by atoms with E-state index in [9.17, 15) is 26.4 Å². The Kier molecular flexibility index (Phi) is 6.57. The summed E-state index contributed by atoms with van der Waals surface area (Å²) in [6.45, 7) is -0.341. The predicted octanol–water partition coefficient (Wildman–Crippen LogP) is 3.30. The molecule has 0 bridgehead atoms. The summed E-state index contributed by atoms with van der Waals surface area (Å²) >= 11 is 0.845. The Morgan fingerprint density at radius 2 is 1.84 bits per heavy atom. The van der Waals surface area contributed by atoms with Gasteiger partial charge in [0, 0.05) is 5.69 Å². The van der Waals surface area contributed by atoms with Crippen molar-refractivity contribution in [3.63, 3.8) is 0 Å². The summed E-state index contributed by atoms with van der Waals surface area (Å²) in [5.41, 5.74) is -0.587. The van der Waals surface area contributed by atoms with Gasteiger partial charge >= 0.3 is 6.18 Å². The number of halogens is 3. The fraction of sp³-hybridized carbons (Fsp3) is 0.167. The van der Waals surface area contributed by atoms with Crippen molar-refractivity contribution in [3.05, 3.63) is 64.1 Å². The average molecular weight is 472 g/mol. The molecule has 0 spiro atoms. The van der Waals surface area contributed by atoms with E-state index < -0.39 is 32.6 Å². The molecule has 31 heavy (non-hydrogen) atoms. The van der Waals surface area contributed by atoms with E-state index in [1.807, 2.05) is 0 Å². The van der Waals surface area contributed by atoms with E-state index in [0.29, 0.717) is 17.5 Å². The maximum atomic E-state index is 12.8. The molecule has 8 nitrogen and oxygen atoms in total. The minimum absolute atomic E-state index is 0.0101. The van der Waals surface area contributed by atoms with Crippen LogP contribution in [-0.4, -0.2) is 31.6 Å². The second-order valence-electron chi connectivity index (χ2n) is 6.03. The third-order valence-electron chi connectivity index (χ3n) is 3.89. The SMILES string of the molecule is COc1ccc(NC(=O)c2nnc(CNS(=O)(=O)c3cccc(C(F)(F)F)c3)s2)cc1. The molecule has 0 saturated heterocycles. The molecule has 2 aromatic carbocycles. The van der Waals surface area contributed by atoms with Crippen LogP contribution >= 0.6 is 11.3 Å². The summed E-state index contributed by atoms with van der Waals surface area (Å²) in [7, 11) is -2.72. The van der Waals surface area contributed by atoms with Gasteiger partial charge in [0.25, 0.3) is 5.91 Å². The summed E-state index contributed by atoms with van der Waals surface area (Å²) in [4.78, 5) is 11.7. The lowest BCUT2D eigenvalue weighted by molar-refractivity contribution is -0.137. The Labute approximate surface area is 179 Å². The highest BCUT2D eigenvalue weighted by atomic mass is 32.2. The van der Waals surface area contributed by atoms with Crippen molar-refractivity contribution in [3.8, 4) is 5.75 Å². The van der Waals surface area contributed by atoms with Gasteiger partial charge in [0.1, 0.15) is 10.8 Å². The molecule has 3 aromatic rings. The normalized spacial score (nSPS) is 11.9. The van der Waals surface area contributed by atoms with Crippen LogP contribution in [0.2, 0.25) is 0 Å². The fourth-order valence-corrected chi connectivity index (χ4v) is 4.15. The number of ether oxygens (including phenoxy) is 1. The van der Waals surface area contributed by atoms with E-state index in [-0.39, 0.29) is 16.6 Å². The molecule has 0 saturated carbocycles. The minimum atomic E-state index is -4.67. The number of rotatable bonds is 7. The number of methoxy groups -OCH3 is 1. The van der Waals surface area contributed by atoms with E-state index in [2.05, 4.69) is 20.2 Å². The van der Waals surface area contributed by atoms with Crippen LogP contribution < -0.4 is 14.8 Å². The first-order chi connectivity index (χ1) is 14.6. The largest absolute Gasteiger partial charge is 0.497 e. The van der Waals surface area contributed by atoms with Gasteiger partial charge in [0.15, 0.2) is 0 Å². The third kappa shape index (κ3) is 5.77. The zero-order chi connectivity index (χ0) is 22.6. The maximum absolute atomic E-state index is 12.8. The monoisotopic (exact) mass is 472 g/mol. The number of nitrogens with zero attached hydrogens (tertiary/aromatic N) is 2. The summed E-state index contributed by atoms with van der Waals surface area (Å²) in [6.07, 6.45) is -4.67. The number of amides is 1. The van der Waals surface area contributed by atoms with E-state index in [1.54, 1.807) is 24.3 Å². The van der Waals surface area contributed by atoms with Crippen LogP contribution in [-0.2, 0) is 22.7 Å². The van der Waals surface area contributed by atoms with Crippen molar-refractivity contribution in [1.29, 1.82) is 0 Å². The first-order valence-corrected chi connectivity index (χ1v) is 10.8. The van der Waals surface area contributed by atoms with E-state index in [0.717, 1.165) is 29.5 Å². The molecule has 0 atom stereocenters.